The molecule has 1 aromatic rings. The fraction of sp³-hybridized carbons (Fsp3) is 0.778. The molecule has 2 fully saturated rings. The van der Waals surface area contributed by atoms with Gasteiger partial charge in [0.05, 0.1) is 6.10 Å². The van der Waals surface area contributed by atoms with E-state index in [2.05, 4.69) is 17.3 Å². The van der Waals surface area contributed by atoms with Crippen LogP contribution in [-0.4, -0.2) is 34.4 Å². The number of aromatic nitrogens is 2. The van der Waals surface area contributed by atoms with E-state index in [1.807, 2.05) is 17.8 Å². The summed E-state index contributed by atoms with van der Waals surface area (Å²) in [6.45, 7) is 2.84. The molecule has 2 aliphatic rings. The standard InChI is InChI=1S/C18H29N3O2/c1-3-23-16-13-15(18(16)10-5-4-6-11-18)20-17(22)8-7-14-9-12-19-21(14)2/h9,12,15-16H,3-8,10-11,13H2,1-2H3,(H,20,22)/t15-,16-/m0/s1. The summed E-state index contributed by atoms with van der Waals surface area (Å²) in [4.78, 5) is 12.4. The maximum absolute atomic E-state index is 12.4. The molecular formula is C18H29N3O2. The third-order valence-corrected chi connectivity index (χ3v) is 5.80. The van der Waals surface area contributed by atoms with Crippen molar-refractivity contribution in [2.75, 3.05) is 6.61 Å². The number of nitrogens with zero attached hydrogens (tertiary/aromatic N) is 2. The normalized spacial score (nSPS) is 26.0. The van der Waals surface area contributed by atoms with Crippen molar-refractivity contribution in [1.29, 1.82) is 0 Å². The predicted molar refractivity (Wildman–Crippen MR) is 89.0 cm³/mol. The number of amides is 1. The van der Waals surface area contributed by atoms with Crippen LogP contribution >= 0.6 is 0 Å². The van der Waals surface area contributed by atoms with Crippen LogP contribution in [0.1, 0.15) is 57.6 Å². The average molecular weight is 319 g/mol. The van der Waals surface area contributed by atoms with E-state index >= 15 is 0 Å². The number of carbonyl (C=O) groups excluding carboxylic acids is 1. The minimum Gasteiger partial charge on any atom is -0.378 e. The van der Waals surface area contributed by atoms with Gasteiger partial charge in [0.1, 0.15) is 0 Å². The van der Waals surface area contributed by atoms with Crippen LogP contribution in [0.4, 0.5) is 0 Å². The second kappa shape index (κ2) is 7.04. The van der Waals surface area contributed by atoms with Gasteiger partial charge >= 0.3 is 0 Å². The number of rotatable bonds is 6. The minimum atomic E-state index is 0.163. The van der Waals surface area contributed by atoms with Crippen molar-refractivity contribution in [3.05, 3.63) is 18.0 Å². The van der Waals surface area contributed by atoms with Gasteiger partial charge in [-0.1, -0.05) is 19.3 Å². The SMILES string of the molecule is CCO[C@H]1C[C@H](NC(=O)CCc2ccnn2C)C12CCCCC2. The van der Waals surface area contributed by atoms with Crippen LogP contribution in [-0.2, 0) is 23.0 Å². The molecule has 1 spiro atoms. The zero-order valence-corrected chi connectivity index (χ0v) is 14.4. The van der Waals surface area contributed by atoms with Gasteiger partial charge in [0.15, 0.2) is 0 Å². The molecule has 0 saturated heterocycles. The molecule has 0 bridgehead atoms. The van der Waals surface area contributed by atoms with Crippen LogP contribution in [0.15, 0.2) is 12.3 Å². The smallest absolute Gasteiger partial charge is 0.220 e. The van der Waals surface area contributed by atoms with Crippen molar-refractivity contribution in [3.63, 3.8) is 0 Å². The van der Waals surface area contributed by atoms with Crippen LogP contribution in [0, 0.1) is 5.41 Å². The summed E-state index contributed by atoms with van der Waals surface area (Å²) in [5.41, 5.74) is 1.31. The Balaban J connectivity index is 1.54. The van der Waals surface area contributed by atoms with E-state index in [-0.39, 0.29) is 11.3 Å². The highest BCUT2D eigenvalue weighted by Crippen LogP contribution is 2.53. The molecule has 0 aliphatic heterocycles. The van der Waals surface area contributed by atoms with Crippen LogP contribution in [0.3, 0.4) is 0 Å². The lowest BCUT2D eigenvalue weighted by Crippen LogP contribution is -2.65. The zero-order valence-electron chi connectivity index (χ0n) is 14.4. The average Bonchev–Trinajstić information content (AvgIpc) is 2.98. The lowest BCUT2D eigenvalue weighted by atomic mass is 9.55. The monoisotopic (exact) mass is 319 g/mol. The summed E-state index contributed by atoms with van der Waals surface area (Å²) in [5, 5.41) is 7.45. The van der Waals surface area contributed by atoms with E-state index in [4.69, 9.17) is 4.74 Å². The van der Waals surface area contributed by atoms with E-state index in [0.29, 0.717) is 18.6 Å². The molecule has 0 radical (unpaired) electrons. The molecule has 1 N–H and O–H groups in total. The molecule has 1 aromatic heterocycles. The predicted octanol–water partition coefficient (Wildman–Crippen LogP) is 2.60. The zero-order chi connectivity index (χ0) is 16.3. The highest BCUT2D eigenvalue weighted by molar-refractivity contribution is 5.76. The van der Waals surface area contributed by atoms with Crippen molar-refractivity contribution in [1.82, 2.24) is 15.1 Å². The van der Waals surface area contributed by atoms with E-state index < -0.39 is 0 Å². The summed E-state index contributed by atoms with van der Waals surface area (Å²) in [7, 11) is 1.92. The molecule has 0 unspecified atom stereocenters. The summed E-state index contributed by atoms with van der Waals surface area (Å²) >= 11 is 0. The highest BCUT2D eigenvalue weighted by atomic mass is 16.5. The van der Waals surface area contributed by atoms with Gasteiger partial charge in [0, 0.05) is 43.4 Å². The molecule has 2 saturated carbocycles. The molecule has 2 atom stereocenters. The third kappa shape index (κ3) is 3.30. The van der Waals surface area contributed by atoms with E-state index in [9.17, 15) is 4.79 Å². The molecule has 5 heteroatoms. The second-order valence-electron chi connectivity index (χ2n) is 7.04. The molecule has 128 valence electrons. The maximum atomic E-state index is 12.4. The Labute approximate surface area is 138 Å². The molecule has 3 rings (SSSR count). The number of ether oxygens (including phenoxy) is 1. The van der Waals surface area contributed by atoms with Gasteiger partial charge in [-0.2, -0.15) is 5.10 Å². The van der Waals surface area contributed by atoms with Gasteiger partial charge in [-0.3, -0.25) is 9.48 Å². The molecule has 2 aliphatic carbocycles. The van der Waals surface area contributed by atoms with E-state index in [1.165, 1.54) is 32.1 Å². The molecular weight excluding hydrogens is 290 g/mol. The Morgan fingerprint density at radius 3 is 2.87 bits per heavy atom. The van der Waals surface area contributed by atoms with Crippen LogP contribution in [0.25, 0.3) is 0 Å². The molecule has 23 heavy (non-hydrogen) atoms. The second-order valence-corrected chi connectivity index (χ2v) is 7.04. The first-order chi connectivity index (χ1) is 11.2. The molecule has 1 amide bonds. The Morgan fingerprint density at radius 2 is 2.22 bits per heavy atom. The highest BCUT2D eigenvalue weighted by Gasteiger charge is 2.55. The topological polar surface area (TPSA) is 56.1 Å². The number of nitrogens with one attached hydrogen (secondary N) is 1. The Kier molecular flexibility index (Phi) is 5.05. The Bertz CT molecular complexity index is 534. The van der Waals surface area contributed by atoms with Crippen molar-refractivity contribution in [3.8, 4) is 0 Å². The fourth-order valence-electron chi connectivity index (χ4n) is 4.42. The quantitative estimate of drug-likeness (QED) is 0.877. The lowest BCUT2D eigenvalue weighted by molar-refractivity contribution is -0.157. The van der Waals surface area contributed by atoms with Gasteiger partial charge in [0.25, 0.3) is 0 Å². The van der Waals surface area contributed by atoms with Gasteiger partial charge in [-0.25, -0.2) is 0 Å². The van der Waals surface area contributed by atoms with Gasteiger partial charge < -0.3 is 10.1 Å². The number of aryl methyl sites for hydroxylation is 2. The molecule has 5 nitrogen and oxygen atoms in total. The van der Waals surface area contributed by atoms with E-state index in [1.54, 1.807) is 6.20 Å². The third-order valence-electron chi connectivity index (χ3n) is 5.80. The van der Waals surface area contributed by atoms with Crippen LogP contribution in [0.2, 0.25) is 0 Å². The first-order valence-corrected chi connectivity index (χ1v) is 9.03. The van der Waals surface area contributed by atoms with Crippen molar-refractivity contribution >= 4 is 5.91 Å². The summed E-state index contributed by atoms with van der Waals surface area (Å²) < 4.78 is 7.79. The first-order valence-electron chi connectivity index (χ1n) is 9.03. The summed E-state index contributed by atoms with van der Waals surface area (Å²) in [6, 6.07) is 2.28. The number of hydrogen-bond donors (Lipinski definition) is 1. The van der Waals surface area contributed by atoms with Crippen molar-refractivity contribution in [2.45, 2.75) is 70.4 Å². The fourth-order valence-corrected chi connectivity index (χ4v) is 4.42. The largest absolute Gasteiger partial charge is 0.378 e. The summed E-state index contributed by atoms with van der Waals surface area (Å²) in [5.74, 6) is 0.163. The lowest BCUT2D eigenvalue weighted by Gasteiger charge is -2.57. The van der Waals surface area contributed by atoms with E-state index in [0.717, 1.165) is 25.1 Å². The first kappa shape index (κ1) is 16.5. The van der Waals surface area contributed by atoms with Crippen LogP contribution in [0.5, 0.6) is 0 Å². The number of hydrogen-bond acceptors (Lipinski definition) is 3. The molecule has 0 aromatic carbocycles. The number of carbonyl (C=O) groups is 1. The van der Waals surface area contributed by atoms with Gasteiger partial charge in [0.2, 0.25) is 5.91 Å². The van der Waals surface area contributed by atoms with Gasteiger partial charge in [-0.15, -0.1) is 0 Å². The minimum absolute atomic E-state index is 0.163. The van der Waals surface area contributed by atoms with Crippen molar-refractivity contribution < 1.29 is 9.53 Å². The summed E-state index contributed by atoms with van der Waals surface area (Å²) in [6.07, 6.45) is 10.6. The maximum Gasteiger partial charge on any atom is 0.220 e. The van der Waals surface area contributed by atoms with Crippen LogP contribution < -0.4 is 5.32 Å². The Morgan fingerprint density at radius 1 is 1.43 bits per heavy atom. The van der Waals surface area contributed by atoms with Gasteiger partial charge in [-0.05, 0) is 38.7 Å². The molecule has 1 heterocycles. The Hall–Kier alpha value is -1.36. The van der Waals surface area contributed by atoms with Crippen molar-refractivity contribution in [2.24, 2.45) is 12.5 Å².